The van der Waals surface area contributed by atoms with Crippen molar-refractivity contribution in [1.82, 2.24) is 4.98 Å². The predicted molar refractivity (Wildman–Crippen MR) is 101 cm³/mol. The van der Waals surface area contributed by atoms with Gasteiger partial charge in [-0.2, -0.15) is 5.26 Å². The van der Waals surface area contributed by atoms with Crippen LogP contribution in [0, 0.1) is 11.3 Å². The second-order valence-electron chi connectivity index (χ2n) is 5.54. The molecule has 1 amide bonds. The average Bonchev–Trinajstić information content (AvgIpc) is 3.04. The molecule has 25 heavy (non-hydrogen) atoms. The lowest BCUT2D eigenvalue weighted by atomic mass is 10.1. The second-order valence-corrected chi connectivity index (χ2v) is 5.95. The maximum Gasteiger partial charge on any atom is 0.266 e. The SMILES string of the molecule is CCc1cccc2c(/C=C(\C#N)C(=O)Nc3ccccc3Cl)c[nH]c12. The van der Waals surface area contributed by atoms with Crippen LogP contribution in [0.2, 0.25) is 5.02 Å². The maximum absolute atomic E-state index is 12.4. The largest absolute Gasteiger partial charge is 0.360 e. The van der Waals surface area contributed by atoms with Crippen LogP contribution in [0.1, 0.15) is 18.1 Å². The van der Waals surface area contributed by atoms with Gasteiger partial charge in [0.05, 0.1) is 10.7 Å². The van der Waals surface area contributed by atoms with Crippen molar-refractivity contribution in [2.45, 2.75) is 13.3 Å². The number of nitrogens with zero attached hydrogens (tertiary/aromatic N) is 1. The summed E-state index contributed by atoms with van der Waals surface area (Å²) < 4.78 is 0. The van der Waals surface area contributed by atoms with E-state index in [1.165, 1.54) is 5.56 Å². The zero-order valence-corrected chi connectivity index (χ0v) is 14.4. The fourth-order valence-electron chi connectivity index (χ4n) is 2.71. The number of carbonyl (C=O) groups is 1. The first-order valence-corrected chi connectivity index (χ1v) is 8.28. The molecule has 3 aromatic rings. The minimum atomic E-state index is -0.489. The molecule has 0 radical (unpaired) electrons. The number of fused-ring (bicyclic) bond motifs is 1. The third kappa shape index (κ3) is 3.42. The molecule has 5 heteroatoms. The van der Waals surface area contributed by atoms with Crippen LogP contribution in [0.5, 0.6) is 0 Å². The van der Waals surface area contributed by atoms with E-state index >= 15 is 0 Å². The highest BCUT2D eigenvalue weighted by Gasteiger charge is 2.13. The van der Waals surface area contributed by atoms with Crippen LogP contribution in [-0.2, 0) is 11.2 Å². The summed E-state index contributed by atoms with van der Waals surface area (Å²) in [6, 6.07) is 14.9. The molecule has 4 nitrogen and oxygen atoms in total. The van der Waals surface area contributed by atoms with Crippen molar-refractivity contribution in [2.75, 3.05) is 5.32 Å². The Bertz CT molecular complexity index is 1010. The number of aromatic nitrogens is 1. The number of halogens is 1. The number of carbonyl (C=O) groups excluding carboxylic acids is 1. The minimum absolute atomic E-state index is 0.0164. The minimum Gasteiger partial charge on any atom is -0.360 e. The number of benzene rings is 2. The number of para-hydroxylation sites is 2. The van der Waals surface area contributed by atoms with Gasteiger partial charge in [-0.25, -0.2) is 0 Å². The van der Waals surface area contributed by atoms with Crippen LogP contribution in [0.3, 0.4) is 0 Å². The molecule has 0 saturated heterocycles. The molecule has 0 bridgehead atoms. The number of hydrogen-bond acceptors (Lipinski definition) is 2. The Labute approximate surface area is 150 Å². The molecule has 1 aromatic heterocycles. The van der Waals surface area contributed by atoms with Gasteiger partial charge in [-0.15, -0.1) is 0 Å². The number of nitriles is 1. The van der Waals surface area contributed by atoms with E-state index in [2.05, 4.69) is 23.3 Å². The lowest BCUT2D eigenvalue weighted by Crippen LogP contribution is -2.13. The molecule has 0 aliphatic heterocycles. The molecule has 0 aliphatic rings. The monoisotopic (exact) mass is 349 g/mol. The van der Waals surface area contributed by atoms with Crippen molar-refractivity contribution < 1.29 is 4.79 Å². The van der Waals surface area contributed by atoms with Gasteiger partial charge in [0.2, 0.25) is 0 Å². The molecule has 1 heterocycles. The smallest absolute Gasteiger partial charge is 0.266 e. The van der Waals surface area contributed by atoms with E-state index < -0.39 is 5.91 Å². The van der Waals surface area contributed by atoms with Gasteiger partial charge in [0.1, 0.15) is 11.6 Å². The number of amides is 1. The van der Waals surface area contributed by atoms with Crippen molar-refractivity contribution in [3.63, 3.8) is 0 Å². The van der Waals surface area contributed by atoms with Crippen LogP contribution >= 0.6 is 11.6 Å². The van der Waals surface area contributed by atoms with Crippen molar-refractivity contribution in [3.8, 4) is 6.07 Å². The number of anilines is 1. The highest BCUT2D eigenvalue weighted by molar-refractivity contribution is 6.34. The molecule has 2 N–H and O–H groups in total. The van der Waals surface area contributed by atoms with E-state index in [9.17, 15) is 10.1 Å². The van der Waals surface area contributed by atoms with Crippen LogP contribution in [0.15, 0.2) is 54.2 Å². The number of nitrogens with one attached hydrogen (secondary N) is 2. The third-order valence-electron chi connectivity index (χ3n) is 4.00. The molecule has 0 unspecified atom stereocenters. The van der Waals surface area contributed by atoms with E-state index in [4.69, 9.17) is 11.6 Å². The number of aryl methyl sites for hydroxylation is 1. The highest BCUT2D eigenvalue weighted by Crippen LogP contribution is 2.25. The summed E-state index contributed by atoms with van der Waals surface area (Å²) in [7, 11) is 0. The Morgan fingerprint density at radius 3 is 2.80 bits per heavy atom. The summed E-state index contributed by atoms with van der Waals surface area (Å²) in [5.41, 5.74) is 3.51. The Hall–Kier alpha value is -3.03. The zero-order chi connectivity index (χ0) is 17.8. The van der Waals surface area contributed by atoms with E-state index in [1.807, 2.05) is 24.4 Å². The fourth-order valence-corrected chi connectivity index (χ4v) is 2.89. The van der Waals surface area contributed by atoms with Crippen molar-refractivity contribution in [3.05, 3.63) is 70.4 Å². The van der Waals surface area contributed by atoms with Crippen molar-refractivity contribution >= 4 is 40.2 Å². The Morgan fingerprint density at radius 2 is 2.08 bits per heavy atom. The summed E-state index contributed by atoms with van der Waals surface area (Å²) in [4.78, 5) is 15.6. The Balaban J connectivity index is 1.95. The molecule has 2 aromatic carbocycles. The first kappa shape index (κ1) is 16.8. The number of H-pyrrole nitrogens is 1. The highest BCUT2D eigenvalue weighted by atomic mass is 35.5. The Kier molecular flexibility index (Phi) is 4.87. The molecular formula is C20H16ClN3O. The van der Waals surface area contributed by atoms with E-state index in [-0.39, 0.29) is 5.57 Å². The molecule has 3 rings (SSSR count). The third-order valence-corrected chi connectivity index (χ3v) is 4.33. The van der Waals surface area contributed by atoms with Crippen molar-refractivity contribution in [2.24, 2.45) is 0 Å². The maximum atomic E-state index is 12.4. The second kappa shape index (κ2) is 7.25. The van der Waals surface area contributed by atoms with Gasteiger partial charge in [-0.05, 0) is 30.2 Å². The molecule has 124 valence electrons. The van der Waals surface area contributed by atoms with Crippen LogP contribution in [0.4, 0.5) is 5.69 Å². The lowest BCUT2D eigenvalue weighted by molar-refractivity contribution is -0.112. The molecule has 0 saturated carbocycles. The molecular weight excluding hydrogens is 334 g/mol. The average molecular weight is 350 g/mol. The van der Waals surface area contributed by atoms with Crippen LogP contribution in [0.25, 0.3) is 17.0 Å². The van der Waals surface area contributed by atoms with Gasteiger partial charge in [-0.1, -0.05) is 48.9 Å². The number of aromatic amines is 1. The standard InChI is InChI=1S/C20H16ClN3O/c1-2-13-6-5-7-16-15(12-23-19(13)16)10-14(11-22)20(25)24-18-9-4-3-8-17(18)21/h3-10,12,23H,2H2,1H3,(H,24,25)/b14-10+. The molecule has 0 atom stereocenters. The van der Waals surface area contributed by atoms with Crippen LogP contribution < -0.4 is 5.32 Å². The quantitative estimate of drug-likeness (QED) is 0.518. The van der Waals surface area contributed by atoms with Gasteiger partial charge < -0.3 is 10.3 Å². The molecule has 0 aliphatic carbocycles. The zero-order valence-electron chi connectivity index (χ0n) is 13.6. The van der Waals surface area contributed by atoms with E-state index in [0.29, 0.717) is 10.7 Å². The van der Waals surface area contributed by atoms with Gasteiger partial charge in [0, 0.05) is 22.7 Å². The number of hydrogen-bond donors (Lipinski definition) is 2. The fraction of sp³-hybridized carbons (Fsp3) is 0.100. The lowest BCUT2D eigenvalue weighted by Gasteiger charge is -2.06. The number of rotatable bonds is 4. The predicted octanol–water partition coefficient (Wildman–Crippen LogP) is 4.93. The summed E-state index contributed by atoms with van der Waals surface area (Å²) in [5.74, 6) is -0.489. The molecule has 0 fully saturated rings. The normalized spacial score (nSPS) is 11.3. The summed E-state index contributed by atoms with van der Waals surface area (Å²) in [5, 5.41) is 13.5. The van der Waals surface area contributed by atoms with E-state index in [1.54, 1.807) is 30.3 Å². The summed E-state index contributed by atoms with van der Waals surface area (Å²) in [6.45, 7) is 2.09. The summed E-state index contributed by atoms with van der Waals surface area (Å²) >= 11 is 6.05. The van der Waals surface area contributed by atoms with Crippen LogP contribution in [-0.4, -0.2) is 10.9 Å². The first-order valence-electron chi connectivity index (χ1n) is 7.90. The molecule has 0 spiro atoms. The first-order chi connectivity index (χ1) is 12.1. The Morgan fingerprint density at radius 1 is 1.28 bits per heavy atom. The topological polar surface area (TPSA) is 68.7 Å². The van der Waals surface area contributed by atoms with Gasteiger partial charge in [0.25, 0.3) is 5.91 Å². The summed E-state index contributed by atoms with van der Waals surface area (Å²) in [6.07, 6.45) is 4.30. The van der Waals surface area contributed by atoms with Gasteiger partial charge >= 0.3 is 0 Å². The van der Waals surface area contributed by atoms with Crippen molar-refractivity contribution in [1.29, 1.82) is 5.26 Å². The van der Waals surface area contributed by atoms with Gasteiger partial charge in [0.15, 0.2) is 0 Å². The van der Waals surface area contributed by atoms with E-state index in [0.717, 1.165) is 22.9 Å². The van der Waals surface area contributed by atoms with Gasteiger partial charge in [-0.3, -0.25) is 4.79 Å².